The fourth-order valence-corrected chi connectivity index (χ4v) is 2.52. The molecular weight excluding hydrogens is 387 g/mol. The lowest BCUT2D eigenvalue weighted by Crippen LogP contribution is -2.28. The van der Waals surface area contributed by atoms with Crippen molar-refractivity contribution in [3.63, 3.8) is 0 Å². The van der Waals surface area contributed by atoms with Crippen LogP contribution in [0.1, 0.15) is 10.4 Å². The van der Waals surface area contributed by atoms with Crippen molar-refractivity contribution in [3.05, 3.63) is 60.4 Å². The molecular formula is C16H10F3N3O4S. The average molecular weight is 397 g/mol. The van der Waals surface area contributed by atoms with Crippen LogP contribution in [0.25, 0.3) is 17.1 Å². The maximum absolute atomic E-state index is 12.3. The normalized spacial score (nSPS) is 12.0. The SMILES string of the molecule is O=Cc1ccc(-c2ncn(-c3ccc(OS(=O)(=O)C(F)(F)F)cc3)n2)cc1. The number of rotatable bonds is 5. The molecule has 0 fully saturated rings. The molecule has 140 valence electrons. The Labute approximate surface area is 151 Å². The Morgan fingerprint density at radius 3 is 2.19 bits per heavy atom. The van der Waals surface area contributed by atoms with E-state index in [1.54, 1.807) is 24.3 Å². The zero-order valence-electron chi connectivity index (χ0n) is 13.3. The van der Waals surface area contributed by atoms with E-state index in [1.165, 1.54) is 23.1 Å². The second kappa shape index (κ2) is 6.83. The summed E-state index contributed by atoms with van der Waals surface area (Å²) in [5.74, 6) is -0.117. The van der Waals surface area contributed by atoms with Crippen LogP contribution in [0.5, 0.6) is 5.75 Å². The van der Waals surface area contributed by atoms with Gasteiger partial charge in [0, 0.05) is 11.1 Å². The molecule has 0 saturated heterocycles. The quantitative estimate of drug-likeness (QED) is 0.373. The third-order valence-electron chi connectivity index (χ3n) is 3.39. The van der Waals surface area contributed by atoms with Gasteiger partial charge in [-0.25, -0.2) is 9.67 Å². The lowest BCUT2D eigenvalue weighted by molar-refractivity contribution is -0.0500. The van der Waals surface area contributed by atoms with Gasteiger partial charge in [-0.05, 0) is 24.3 Å². The van der Waals surface area contributed by atoms with Gasteiger partial charge in [0.1, 0.15) is 18.4 Å². The topological polar surface area (TPSA) is 91.2 Å². The molecule has 0 spiro atoms. The molecule has 7 nitrogen and oxygen atoms in total. The van der Waals surface area contributed by atoms with Crippen molar-refractivity contribution >= 4 is 16.4 Å². The van der Waals surface area contributed by atoms with Gasteiger partial charge >= 0.3 is 15.6 Å². The Morgan fingerprint density at radius 1 is 1.00 bits per heavy atom. The second-order valence-corrected chi connectivity index (χ2v) is 6.77. The van der Waals surface area contributed by atoms with Gasteiger partial charge in [0.05, 0.1) is 5.69 Å². The van der Waals surface area contributed by atoms with Crippen LogP contribution in [-0.4, -0.2) is 35.0 Å². The minimum atomic E-state index is -5.73. The van der Waals surface area contributed by atoms with Crippen molar-refractivity contribution in [3.8, 4) is 22.8 Å². The summed E-state index contributed by atoms with van der Waals surface area (Å²) in [5, 5.41) is 4.23. The van der Waals surface area contributed by atoms with E-state index >= 15 is 0 Å². The smallest absolute Gasteiger partial charge is 0.376 e. The molecule has 1 aromatic heterocycles. The summed E-state index contributed by atoms with van der Waals surface area (Å²) in [4.78, 5) is 14.8. The number of aldehydes is 1. The van der Waals surface area contributed by atoms with E-state index in [1.807, 2.05) is 0 Å². The number of carbonyl (C=O) groups excluding carboxylic acids is 1. The summed E-state index contributed by atoms with van der Waals surface area (Å²) < 4.78 is 64.3. The van der Waals surface area contributed by atoms with Gasteiger partial charge < -0.3 is 4.18 Å². The molecule has 0 N–H and O–H groups in total. The largest absolute Gasteiger partial charge is 0.534 e. The van der Waals surface area contributed by atoms with Crippen LogP contribution >= 0.6 is 0 Å². The minimum absolute atomic E-state index is 0.368. The molecule has 3 rings (SSSR count). The first-order valence-electron chi connectivity index (χ1n) is 7.28. The number of hydrogen-bond acceptors (Lipinski definition) is 6. The van der Waals surface area contributed by atoms with Crippen molar-refractivity contribution < 1.29 is 30.6 Å². The Kier molecular flexibility index (Phi) is 4.70. The van der Waals surface area contributed by atoms with E-state index in [0.29, 0.717) is 28.9 Å². The maximum atomic E-state index is 12.3. The lowest BCUT2D eigenvalue weighted by Gasteiger charge is -2.09. The van der Waals surface area contributed by atoms with Gasteiger partial charge in [0.25, 0.3) is 0 Å². The first-order valence-corrected chi connectivity index (χ1v) is 8.69. The van der Waals surface area contributed by atoms with Crippen LogP contribution in [0.3, 0.4) is 0 Å². The van der Waals surface area contributed by atoms with Crippen molar-refractivity contribution in [1.82, 2.24) is 14.8 Å². The number of benzene rings is 2. The van der Waals surface area contributed by atoms with Crippen molar-refractivity contribution in [1.29, 1.82) is 0 Å². The van der Waals surface area contributed by atoms with Crippen LogP contribution in [0.2, 0.25) is 0 Å². The van der Waals surface area contributed by atoms with Crippen LogP contribution < -0.4 is 4.18 Å². The van der Waals surface area contributed by atoms with Crippen molar-refractivity contribution in [2.45, 2.75) is 5.51 Å². The molecule has 0 atom stereocenters. The van der Waals surface area contributed by atoms with Gasteiger partial charge in [-0.15, -0.1) is 5.10 Å². The van der Waals surface area contributed by atoms with Crippen molar-refractivity contribution in [2.75, 3.05) is 0 Å². The van der Waals surface area contributed by atoms with Crippen LogP contribution in [-0.2, 0) is 10.1 Å². The summed E-state index contributed by atoms with van der Waals surface area (Å²) in [6, 6.07) is 11.3. The summed E-state index contributed by atoms with van der Waals surface area (Å²) in [5.41, 5.74) is -3.92. The Morgan fingerprint density at radius 2 is 1.63 bits per heavy atom. The zero-order valence-corrected chi connectivity index (χ0v) is 14.1. The third-order valence-corrected chi connectivity index (χ3v) is 4.37. The number of aromatic nitrogens is 3. The molecule has 11 heteroatoms. The van der Waals surface area contributed by atoms with Gasteiger partial charge in [-0.3, -0.25) is 4.79 Å². The predicted octanol–water partition coefficient (Wildman–Crippen LogP) is 2.98. The van der Waals surface area contributed by atoms with E-state index in [0.717, 1.165) is 12.1 Å². The number of hydrogen-bond donors (Lipinski definition) is 0. The summed E-state index contributed by atoms with van der Waals surface area (Å²) >= 11 is 0. The number of carbonyl (C=O) groups is 1. The highest BCUT2D eigenvalue weighted by Gasteiger charge is 2.48. The molecule has 1 heterocycles. The van der Waals surface area contributed by atoms with E-state index in [9.17, 15) is 26.4 Å². The third kappa shape index (κ3) is 3.97. The molecule has 0 saturated carbocycles. The molecule has 0 bridgehead atoms. The number of nitrogens with zero attached hydrogens (tertiary/aromatic N) is 3. The highest BCUT2D eigenvalue weighted by atomic mass is 32.2. The van der Waals surface area contributed by atoms with E-state index in [-0.39, 0.29) is 0 Å². The van der Waals surface area contributed by atoms with Crippen LogP contribution in [0, 0.1) is 0 Å². The molecule has 0 aliphatic heterocycles. The Bertz CT molecular complexity index is 1060. The highest BCUT2D eigenvalue weighted by Crippen LogP contribution is 2.27. The lowest BCUT2D eigenvalue weighted by atomic mass is 10.1. The molecule has 2 aromatic carbocycles. The minimum Gasteiger partial charge on any atom is -0.376 e. The highest BCUT2D eigenvalue weighted by molar-refractivity contribution is 7.88. The molecule has 0 unspecified atom stereocenters. The molecule has 27 heavy (non-hydrogen) atoms. The first kappa shape index (κ1) is 18.6. The Hall–Kier alpha value is -3.21. The number of halogens is 3. The van der Waals surface area contributed by atoms with Crippen molar-refractivity contribution in [2.24, 2.45) is 0 Å². The molecule has 3 aromatic rings. The molecule has 0 amide bonds. The second-order valence-electron chi connectivity index (χ2n) is 5.23. The van der Waals surface area contributed by atoms with Crippen LogP contribution in [0.15, 0.2) is 54.9 Å². The van der Waals surface area contributed by atoms with Crippen LogP contribution in [0.4, 0.5) is 13.2 Å². The standard InChI is InChI=1S/C16H10F3N3O4S/c17-16(18,19)27(24,25)26-14-7-5-13(6-8-14)22-10-20-15(21-22)12-3-1-11(9-23)2-4-12/h1-10H. The number of alkyl halides is 3. The average Bonchev–Trinajstić information content (AvgIpc) is 3.11. The fourth-order valence-electron chi connectivity index (χ4n) is 2.06. The molecule has 0 radical (unpaired) electrons. The Balaban J connectivity index is 1.80. The fraction of sp³-hybridized carbons (Fsp3) is 0.0625. The van der Waals surface area contributed by atoms with Gasteiger partial charge in [0.15, 0.2) is 5.82 Å². The molecule has 0 aliphatic rings. The monoisotopic (exact) mass is 397 g/mol. The summed E-state index contributed by atoms with van der Waals surface area (Å²) in [7, 11) is -5.73. The first-order chi connectivity index (χ1) is 12.7. The zero-order chi connectivity index (χ0) is 19.7. The van der Waals surface area contributed by atoms with E-state index in [2.05, 4.69) is 14.3 Å². The van der Waals surface area contributed by atoms with Gasteiger partial charge in [-0.2, -0.15) is 21.6 Å². The van der Waals surface area contributed by atoms with Gasteiger partial charge in [0.2, 0.25) is 0 Å². The maximum Gasteiger partial charge on any atom is 0.534 e. The van der Waals surface area contributed by atoms with E-state index in [4.69, 9.17) is 0 Å². The summed E-state index contributed by atoms with van der Waals surface area (Å²) in [6.07, 6.45) is 2.09. The predicted molar refractivity (Wildman–Crippen MR) is 87.8 cm³/mol. The van der Waals surface area contributed by atoms with Gasteiger partial charge in [-0.1, -0.05) is 24.3 Å². The molecule has 0 aliphatic carbocycles. The summed E-state index contributed by atoms with van der Waals surface area (Å²) in [6.45, 7) is 0. The van der Waals surface area contributed by atoms with E-state index < -0.39 is 21.4 Å².